The fraction of sp³-hybridized carbons (Fsp3) is 0.318. The number of hydrogen-bond donors (Lipinski definition) is 1. The predicted molar refractivity (Wildman–Crippen MR) is 107 cm³/mol. The second-order valence-corrected chi connectivity index (χ2v) is 6.91. The molecule has 28 heavy (non-hydrogen) atoms. The van der Waals surface area contributed by atoms with E-state index in [1.807, 2.05) is 12.1 Å². The van der Waals surface area contributed by atoms with Crippen molar-refractivity contribution in [1.82, 2.24) is 4.90 Å². The van der Waals surface area contributed by atoms with Gasteiger partial charge in [0.15, 0.2) is 5.78 Å². The molecule has 1 unspecified atom stereocenters. The second-order valence-electron chi connectivity index (χ2n) is 6.91. The van der Waals surface area contributed by atoms with Crippen molar-refractivity contribution < 1.29 is 19.1 Å². The first-order chi connectivity index (χ1) is 13.5. The largest absolute Gasteiger partial charge is 0.496 e. The van der Waals surface area contributed by atoms with Crippen molar-refractivity contribution in [3.8, 4) is 5.75 Å². The average molecular weight is 380 g/mol. The highest BCUT2D eigenvalue weighted by Crippen LogP contribution is 2.27. The Kier molecular flexibility index (Phi) is 6.09. The van der Waals surface area contributed by atoms with E-state index in [0.717, 1.165) is 12.8 Å². The van der Waals surface area contributed by atoms with Crippen LogP contribution in [0.4, 0.5) is 5.69 Å². The first-order valence-electron chi connectivity index (χ1n) is 9.33. The van der Waals surface area contributed by atoms with Crippen LogP contribution in [-0.4, -0.2) is 42.7 Å². The molecule has 1 heterocycles. The van der Waals surface area contributed by atoms with Gasteiger partial charge in [-0.1, -0.05) is 12.1 Å². The molecule has 0 aliphatic carbocycles. The summed E-state index contributed by atoms with van der Waals surface area (Å²) in [7, 11) is 1.55. The van der Waals surface area contributed by atoms with E-state index >= 15 is 0 Å². The van der Waals surface area contributed by atoms with Crippen LogP contribution in [0.25, 0.3) is 0 Å². The number of piperidine rings is 1. The van der Waals surface area contributed by atoms with Crippen LogP contribution in [0.1, 0.15) is 40.5 Å². The van der Waals surface area contributed by atoms with Gasteiger partial charge < -0.3 is 15.0 Å². The summed E-state index contributed by atoms with van der Waals surface area (Å²) in [5, 5.41) is 2.68. The van der Waals surface area contributed by atoms with E-state index < -0.39 is 0 Å². The lowest BCUT2D eigenvalue weighted by Crippen LogP contribution is -2.42. The highest BCUT2D eigenvalue weighted by atomic mass is 16.5. The summed E-state index contributed by atoms with van der Waals surface area (Å²) in [6.45, 7) is 2.46. The fourth-order valence-electron chi connectivity index (χ4n) is 3.53. The van der Waals surface area contributed by atoms with E-state index in [0.29, 0.717) is 35.7 Å². The number of nitrogens with one attached hydrogen (secondary N) is 1. The molecule has 6 nitrogen and oxygen atoms in total. The minimum absolute atomic E-state index is 0.0101. The second kappa shape index (κ2) is 8.69. The Balaban J connectivity index is 1.71. The van der Waals surface area contributed by atoms with E-state index in [4.69, 9.17) is 4.74 Å². The van der Waals surface area contributed by atoms with Gasteiger partial charge in [-0.05, 0) is 49.2 Å². The molecule has 2 aromatic carbocycles. The molecule has 1 atom stereocenters. The van der Waals surface area contributed by atoms with E-state index in [1.54, 1.807) is 48.4 Å². The van der Waals surface area contributed by atoms with Gasteiger partial charge in [-0.25, -0.2) is 0 Å². The van der Waals surface area contributed by atoms with Gasteiger partial charge in [0, 0.05) is 37.2 Å². The molecular weight excluding hydrogens is 356 g/mol. The summed E-state index contributed by atoms with van der Waals surface area (Å²) < 4.78 is 5.31. The minimum Gasteiger partial charge on any atom is -0.496 e. The van der Waals surface area contributed by atoms with Crippen LogP contribution in [0.2, 0.25) is 0 Å². The Bertz CT molecular complexity index is 876. The van der Waals surface area contributed by atoms with Crippen LogP contribution >= 0.6 is 0 Å². The third kappa shape index (κ3) is 4.39. The molecule has 1 fully saturated rings. The molecule has 1 N–H and O–H groups in total. The van der Waals surface area contributed by atoms with Crippen molar-refractivity contribution in [2.75, 3.05) is 25.5 Å². The van der Waals surface area contributed by atoms with Crippen LogP contribution < -0.4 is 10.1 Å². The summed E-state index contributed by atoms with van der Waals surface area (Å²) in [6, 6.07) is 14.0. The van der Waals surface area contributed by atoms with Crippen molar-refractivity contribution in [2.45, 2.75) is 19.8 Å². The average Bonchev–Trinajstić information content (AvgIpc) is 2.73. The zero-order chi connectivity index (χ0) is 20.1. The topological polar surface area (TPSA) is 75.7 Å². The first kappa shape index (κ1) is 19.6. The third-order valence-electron chi connectivity index (χ3n) is 4.90. The molecule has 0 saturated carbocycles. The molecule has 2 amide bonds. The summed E-state index contributed by atoms with van der Waals surface area (Å²) in [6.07, 6.45) is 1.53. The summed E-state index contributed by atoms with van der Waals surface area (Å²) in [4.78, 5) is 38.7. The number of benzene rings is 2. The number of ketones is 1. The SMILES string of the molecule is COc1ccccc1C(=O)C1CCCN(C(=O)c2ccc(NC(C)=O)cc2)C1. The van der Waals surface area contributed by atoms with Crippen LogP contribution in [0.15, 0.2) is 48.5 Å². The smallest absolute Gasteiger partial charge is 0.253 e. The molecule has 3 rings (SSSR count). The lowest BCUT2D eigenvalue weighted by atomic mass is 9.89. The normalized spacial score (nSPS) is 16.4. The molecule has 146 valence electrons. The van der Waals surface area contributed by atoms with Gasteiger partial charge in [0.2, 0.25) is 5.91 Å². The van der Waals surface area contributed by atoms with Gasteiger partial charge >= 0.3 is 0 Å². The van der Waals surface area contributed by atoms with E-state index in [1.165, 1.54) is 6.92 Å². The Hall–Kier alpha value is -3.15. The summed E-state index contributed by atoms with van der Waals surface area (Å²) in [5.74, 6) is 0.0628. The maximum atomic E-state index is 13.0. The number of anilines is 1. The summed E-state index contributed by atoms with van der Waals surface area (Å²) in [5.41, 5.74) is 1.75. The van der Waals surface area contributed by atoms with Crippen LogP contribution in [-0.2, 0) is 4.79 Å². The highest BCUT2D eigenvalue weighted by molar-refractivity contribution is 6.01. The van der Waals surface area contributed by atoms with Crippen molar-refractivity contribution in [3.63, 3.8) is 0 Å². The Morgan fingerprint density at radius 1 is 1.07 bits per heavy atom. The molecule has 0 radical (unpaired) electrons. The number of Topliss-reactive ketones (excluding diaryl/α,β-unsaturated/α-hetero) is 1. The number of hydrogen-bond acceptors (Lipinski definition) is 4. The van der Waals surface area contributed by atoms with Gasteiger partial charge in [0.25, 0.3) is 5.91 Å². The van der Waals surface area contributed by atoms with Gasteiger partial charge in [-0.3, -0.25) is 14.4 Å². The van der Waals surface area contributed by atoms with E-state index in [-0.39, 0.29) is 23.5 Å². The molecule has 6 heteroatoms. The quantitative estimate of drug-likeness (QED) is 0.807. The van der Waals surface area contributed by atoms with Gasteiger partial charge in [0.1, 0.15) is 5.75 Å². The highest BCUT2D eigenvalue weighted by Gasteiger charge is 2.30. The number of rotatable bonds is 5. The van der Waals surface area contributed by atoms with Crippen LogP contribution in [0, 0.1) is 5.92 Å². The fourth-order valence-corrected chi connectivity index (χ4v) is 3.53. The lowest BCUT2D eigenvalue weighted by molar-refractivity contribution is -0.114. The van der Waals surface area contributed by atoms with Gasteiger partial charge in [-0.15, -0.1) is 0 Å². The number of likely N-dealkylation sites (tertiary alicyclic amines) is 1. The van der Waals surface area contributed by atoms with Crippen LogP contribution in [0.3, 0.4) is 0 Å². The third-order valence-corrected chi connectivity index (χ3v) is 4.90. The molecule has 1 aliphatic rings. The van der Waals surface area contributed by atoms with Gasteiger partial charge in [0.05, 0.1) is 12.7 Å². The Morgan fingerprint density at radius 3 is 2.46 bits per heavy atom. The molecule has 0 bridgehead atoms. The maximum absolute atomic E-state index is 13.0. The van der Waals surface area contributed by atoms with E-state index in [9.17, 15) is 14.4 Å². The van der Waals surface area contributed by atoms with Crippen molar-refractivity contribution in [2.24, 2.45) is 5.92 Å². The monoisotopic (exact) mass is 380 g/mol. The molecular formula is C22H24N2O4. The minimum atomic E-state index is -0.243. The molecule has 1 saturated heterocycles. The van der Waals surface area contributed by atoms with Crippen LogP contribution in [0.5, 0.6) is 5.75 Å². The van der Waals surface area contributed by atoms with Crippen molar-refractivity contribution in [1.29, 1.82) is 0 Å². The zero-order valence-corrected chi connectivity index (χ0v) is 16.1. The Morgan fingerprint density at radius 2 is 1.79 bits per heavy atom. The standard InChI is InChI=1S/C22H24N2O4/c1-15(25)23-18-11-9-16(10-12-18)22(27)24-13-5-6-17(14-24)21(26)19-7-3-4-8-20(19)28-2/h3-4,7-12,17H,5-6,13-14H2,1-2H3,(H,23,25). The molecule has 0 aromatic heterocycles. The zero-order valence-electron chi connectivity index (χ0n) is 16.1. The number of amides is 2. The van der Waals surface area contributed by atoms with Gasteiger partial charge in [-0.2, -0.15) is 0 Å². The van der Waals surface area contributed by atoms with Crippen molar-refractivity contribution >= 4 is 23.3 Å². The summed E-state index contributed by atoms with van der Waals surface area (Å²) >= 11 is 0. The lowest BCUT2D eigenvalue weighted by Gasteiger charge is -2.32. The number of para-hydroxylation sites is 1. The van der Waals surface area contributed by atoms with Crippen molar-refractivity contribution in [3.05, 3.63) is 59.7 Å². The number of carbonyl (C=O) groups excluding carboxylic acids is 3. The number of nitrogens with zero attached hydrogens (tertiary/aromatic N) is 1. The Labute approximate surface area is 164 Å². The maximum Gasteiger partial charge on any atom is 0.253 e. The number of ether oxygens (including phenoxy) is 1. The molecule has 2 aromatic rings. The number of carbonyl (C=O) groups is 3. The van der Waals surface area contributed by atoms with E-state index in [2.05, 4.69) is 5.32 Å². The molecule has 0 spiro atoms. The molecule has 1 aliphatic heterocycles. The first-order valence-corrected chi connectivity index (χ1v) is 9.33. The predicted octanol–water partition coefficient (Wildman–Crippen LogP) is 3.39. The number of methoxy groups -OCH3 is 1.